The average molecular weight is 243 g/mol. The van der Waals surface area contributed by atoms with Crippen molar-refractivity contribution in [3.8, 4) is 0 Å². The van der Waals surface area contributed by atoms with Crippen molar-refractivity contribution in [1.29, 1.82) is 0 Å². The zero-order valence-corrected chi connectivity index (χ0v) is 10.6. The van der Waals surface area contributed by atoms with Gasteiger partial charge < -0.3 is 15.7 Å². The normalized spacial score (nSPS) is 25.5. The van der Waals surface area contributed by atoms with Gasteiger partial charge in [0.15, 0.2) is 5.96 Å². The van der Waals surface area contributed by atoms with Crippen LogP contribution in [0.3, 0.4) is 0 Å². The summed E-state index contributed by atoms with van der Waals surface area (Å²) in [6.45, 7) is 7.63. The van der Waals surface area contributed by atoms with E-state index in [1.54, 1.807) is 17.8 Å². The highest BCUT2D eigenvalue weighted by Gasteiger charge is 2.31. The number of guanidine groups is 1. The van der Waals surface area contributed by atoms with E-state index in [0.29, 0.717) is 13.1 Å². The van der Waals surface area contributed by atoms with Gasteiger partial charge in [0, 0.05) is 18.8 Å². The minimum Gasteiger partial charge on any atom is -0.387 e. The fraction of sp³-hybridized carbons (Fsp3) is 0.727. The first-order valence-corrected chi connectivity index (χ1v) is 6.79. The predicted octanol–water partition coefficient (Wildman–Crippen LogP) is 0.595. The van der Waals surface area contributed by atoms with Gasteiger partial charge in [0.25, 0.3) is 0 Å². The first-order valence-electron chi connectivity index (χ1n) is 5.63. The summed E-state index contributed by atoms with van der Waals surface area (Å²) in [5.74, 6) is 2.56. The molecule has 0 saturated carbocycles. The molecule has 1 aliphatic rings. The number of aliphatic imine (C=N–C) groups is 1. The molecule has 0 aromatic rings. The van der Waals surface area contributed by atoms with E-state index in [1.807, 2.05) is 6.92 Å². The van der Waals surface area contributed by atoms with E-state index in [1.165, 1.54) is 0 Å². The fourth-order valence-corrected chi connectivity index (χ4v) is 2.74. The Morgan fingerprint density at radius 3 is 3.00 bits per heavy atom. The van der Waals surface area contributed by atoms with Crippen LogP contribution in [0.4, 0.5) is 0 Å². The van der Waals surface area contributed by atoms with Crippen molar-refractivity contribution in [3.05, 3.63) is 12.7 Å². The molecule has 16 heavy (non-hydrogen) atoms. The van der Waals surface area contributed by atoms with Crippen molar-refractivity contribution in [2.24, 2.45) is 4.99 Å². The Bertz CT molecular complexity index is 250. The Labute approximate surface area is 102 Å². The Kier molecular flexibility index (Phi) is 5.69. The summed E-state index contributed by atoms with van der Waals surface area (Å²) < 4.78 is 0. The topological polar surface area (TPSA) is 56.7 Å². The van der Waals surface area contributed by atoms with Crippen molar-refractivity contribution in [1.82, 2.24) is 10.6 Å². The second-order valence-corrected chi connectivity index (χ2v) is 5.00. The summed E-state index contributed by atoms with van der Waals surface area (Å²) in [5, 5.41) is 16.4. The highest BCUT2D eigenvalue weighted by atomic mass is 32.2. The van der Waals surface area contributed by atoms with Crippen LogP contribution in [-0.4, -0.2) is 47.8 Å². The van der Waals surface area contributed by atoms with E-state index in [4.69, 9.17) is 0 Å². The maximum atomic E-state index is 10.1. The standard InChI is InChI=1S/C11H21N3OS/c1-3-6-13-10(12-4-2)14-8-11(15)5-7-16-9-11/h3,15H,1,4-9H2,2H3,(H2,12,13,14). The molecule has 1 unspecified atom stereocenters. The highest BCUT2D eigenvalue weighted by molar-refractivity contribution is 7.99. The largest absolute Gasteiger partial charge is 0.387 e. The first kappa shape index (κ1) is 13.4. The van der Waals surface area contributed by atoms with Crippen LogP contribution in [0.5, 0.6) is 0 Å². The Hall–Kier alpha value is -0.680. The molecule has 1 saturated heterocycles. The smallest absolute Gasteiger partial charge is 0.191 e. The Morgan fingerprint density at radius 1 is 1.62 bits per heavy atom. The molecule has 1 heterocycles. The molecule has 0 spiro atoms. The molecule has 1 atom stereocenters. The third-order valence-electron chi connectivity index (χ3n) is 2.37. The van der Waals surface area contributed by atoms with Crippen LogP contribution in [0.15, 0.2) is 17.6 Å². The van der Waals surface area contributed by atoms with Crippen molar-refractivity contribution in [3.63, 3.8) is 0 Å². The van der Waals surface area contributed by atoms with Crippen LogP contribution in [0.1, 0.15) is 13.3 Å². The Balaban J connectivity index is 2.45. The summed E-state index contributed by atoms with van der Waals surface area (Å²) in [5.41, 5.74) is -0.610. The molecule has 92 valence electrons. The number of rotatable bonds is 5. The van der Waals surface area contributed by atoms with Gasteiger partial charge in [-0.15, -0.1) is 6.58 Å². The molecule has 0 aromatic carbocycles. The minimum absolute atomic E-state index is 0.465. The van der Waals surface area contributed by atoms with Gasteiger partial charge >= 0.3 is 0 Å². The minimum atomic E-state index is -0.610. The second kappa shape index (κ2) is 6.81. The molecule has 5 heteroatoms. The molecule has 0 radical (unpaired) electrons. The van der Waals surface area contributed by atoms with Crippen molar-refractivity contribution in [2.75, 3.05) is 31.1 Å². The molecular formula is C11H21N3OS. The van der Waals surface area contributed by atoms with Crippen LogP contribution in [0.25, 0.3) is 0 Å². The first-order chi connectivity index (χ1) is 7.70. The molecule has 1 aliphatic heterocycles. The van der Waals surface area contributed by atoms with E-state index >= 15 is 0 Å². The van der Waals surface area contributed by atoms with Crippen LogP contribution in [0.2, 0.25) is 0 Å². The third-order valence-corrected chi connectivity index (χ3v) is 3.61. The lowest BCUT2D eigenvalue weighted by Crippen LogP contribution is -2.40. The van der Waals surface area contributed by atoms with Crippen LogP contribution in [-0.2, 0) is 0 Å². The zero-order chi connectivity index (χ0) is 11.9. The molecule has 0 amide bonds. The van der Waals surface area contributed by atoms with Gasteiger partial charge in [-0.1, -0.05) is 6.08 Å². The van der Waals surface area contributed by atoms with Gasteiger partial charge in [0.05, 0.1) is 12.1 Å². The average Bonchev–Trinajstić information content (AvgIpc) is 2.70. The summed E-state index contributed by atoms with van der Waals surface area (Å²) in [6, 6.07) is 0. The number of thioether (sulfide) groups is 1. The van der Waals surface area contributed by atoms with Crippen molar-refractivity contribution < 1.29 is 5.11 Å². The molecule has 1 rings (SSSR count). The van der Waals surface area contributed by atoms with Crippen LogP contribution in [0, 0.1) is 0 Å². The van der Waals surface area contributed by atoms with Gasteiger partial charge in [-0.3, -0.25) is 4.99 Å². The van der Waals surface area contributed by atoms with Crippen molar-refractivity contribution in [2.45, 2.75) is 18.9 Å². The summed E-state index contributed by atoms with van der Waals surface area (Å²) >= 11 is 1.79. The maximum Gasteiger partial charge on any atom is 0.191 e. The lowest BCUT2D eigenvalue weighted by molar-refractivity contribution is 0.0778. The fourth-order valence-electron chi connectivity index (χ4n) is 1.46. The number of hydrogen-bond acceptors (Lipinski definition) is 3. The van der Waals surface area contributed by atoms with Crippen molar-refractivity contribution >= 4 is 17.7 Å². The highest BCUT2D eigenvalue weighted by Crippen LogP contribution is 2.27. The molecular weight excluding hydrogens is 222 g/mol. The van der Waals surface area contributed by atoms with Gasteiger partial charge in [-0.2, -0.15) is 11.8 Å². The zero-order valence-electron chi connectivity index (χ0n) is 9.83. The van der Waals surface area contributed by atoms with Crippen LogP contribution >= 0.6 is 11.8 Å². The molecule has 0 aromatic heterocycles. The quantitative estimate of drug-likeness (QED) is 0.376. The van der Waals surface area contributed by atoms with E-state index in [0.717, 1.165) is 30.4 Å². The molecule has 1 fully saturated rings. The summed E-state index contributed by atoms with van der Waals surface area (Å²) in [4.78, 5) is 4.39. The molecule has 0 aliphatic carbocycles. The lowest BCUT2D eigenvalue weighted by Gasteiger charge is -2.19. The summed E-state index contributed by atoms with van der Waals surface area (Å²) in [7, 11) is 0. The lowest BCUT2D eigenvalue weighted by atomic mass is 10.1. The maximum absolute atomic E-state index is 10.1. The van der Waals surface area contributed by atoms with Crippen LogP contribution < -0.4 is 10.6 Å². The number of aliphatic hydroxyl groups is 1. The monoisotopic (exact) mass is 243 g/mol. The van der Waals surface area contributed by atoms with E-state index in [2.05, 4.69) is 22.2 Å². The third kappa shape index (κ3) is 4.45. The predicted molar refractivity (Wildman–Crippen MR) is 71.1 cm³/mol. The van der Waals surface area contributed by atoms with Gasteiger partial charge in [0.2, 0.25) is 0 Å². The number of nitrogens with one attached hydrogen (secondary N) is 2. The molecule has 0 bridgehead atoms. The van der Waals surface area contributed by atoms with E-state index in [9.17, 15) is 5.11 Å². The molecule has 3 N–H and O–H groups in total. The van der Waals surface area contributed by atoms with Gasteiger partial charge in [0.1, 0.15) is 0 Å². The summed E-state index contributed by atoms with van der Waals surface area (Å²) in [6.07, 6.45) is 2.62. The van der Waals surface area contributed by atoms with Gasteiger partial charge in [-0.25, -0.2) is 0 Å². The number of nitrogens with zero attached hydrogens (tertiary/aromatic N) is 1. The second-order valence-electron chi connectivity index (χ2n) is 3.89. The molecule has 4 nitrogen and oxygen atoms in total. The number of hydrogen-bond donors (Lipinski definition) is 3. The van der Waals surface area contributed by atoms with E-state index in [-0.39, 0.29) is 0 Å². The van der Waals surface area contributed by atoms with Gasteiger partial charge in [-0.05, 0) is 19.1 Å². The SMILES string of the molecule is C=CCNC(=NCC1(O)CCSC1)NCC. The van der Waals surface area contributed by atoms with E-state index < -0.39 is 5.60 Å². The Morgan fingerprint density at radius 2 is 2.44 bits per heavy atom.